The Kier molecular flexibility index (Phi) is 8.91. The van der Waals surface area contributed by atoms with Crippen molar-refractivity contribution in [2.45, 2.75) is 6.92 Å². The molecule has 0 fully saturated rings. The van der Waals surface area contributed by atoms with Crippen LogP contribution in [0.2, 0.25) is 5.02 Å². The molecule has 0 aliphatic rings. The number of carbonyl (C=O) groups excluding carboxylic acids is 1. The molecule has 2 aromatic rings. The minimum Gasteiger partial charge on any atom is -0.493 e. The van der Waals surface area contributed by atoms with Crippen LogP contribution in [-0.4, -0.2) is 46.3 Å². The lowest BCUT2D eigenvalue weighted by Gasteiger charge is -2.15. The first-order valence-electron chi connectivity index (χ1n) is 8.81. The maximum absolute atomic E-state index is 11.0. The molecule has 0 saturated heterocycles. The number of amides is 1. The first-order valence-corrected chi connectivity index (χ1v) is 9.18. The standard InChI is InChI=1S/C20H23ClN2O6/c1-4-27-18-12-14(13-22-23-20(24)26-3)11-15(21)19(18)29-10-9-28-17-8-6-5-7-16(17)25-2/h5-8,11-13H,4,9-10H2,1-3H3,(H,23,24)/b22-13+. The van der Waals surface area contributed by atoms with Crippen LogP contribution in [0.25, 0.3) is 0 Å². The quantitative estimate of drug-likeness (QED) is 0.355. The van der Waals surface area contributed by atoms with Gasteiger partial charge in [0.05, 0.1) is 32.1 Å². The zero-order valence-corrected chi connectivity index (χ0v) is 17.2. The predicted octanol–water partition coefficient (Wildman–Crippen LogP) is 3.90. The molecule has 29 heavy (non-hydrogen) atoms. The summed E-state index contributed by atoms with van der Waals surface area (Å²) in [6, 6.07) is 10.7. The van der Waals surface area contributed by atoms with E-state index in [4.69, 9.17) is 30.5 Å². The molecule has 0 radical (unpaired) electrons. The second-order valence-corrected chi connectivity index (χ2v) is 5.88. The summed E-state index contributed by atoms with van der Waals surface area (Å²) in [5.41, 5.74) is 2.82. The van der Waals surface area contributed by atoms with E-state index in [1.165, 1.54) is 13.3 Å². The second kappa shape index (κ2) is 11.7. The zero-order chi connectivity index (χ0) is 21.1. The highest BCUT2D eigenvalue weighted by atomic mass is 35.5. The molecule has 0 saturated carbocycles. The highest BCUT2D eigenvalue weighted by Crippen LogP contribution is 2.36. The number of hydrogen-bond acceptors (Lipinski definition) is 7. The summed E-state index contributed by atoms with van der Waals surface area (Å²) in [4.78, 5) is 11.0. The van der Waals surface area contributed by atoms with Crippen molar-refractivity contribution < 1.29 is 28.5 Å². The molecule has 2 rings (SSSR count). The van der Waals surface area contributed by atoms with Gasteiger partial charge >= 0.3 is 6.09 Å². The van der Waals surface area contributed by atoms with Crippen molar-refractivity contribution in [2.75, 3.05) is 34.0 Å². The molecule has 0 spiro atoms. The Morgan fingerprint density at radius 1 is 1.07 bits per heavy atom. The molecule has 0 aliphatic heterocycles. The van der Waals surface area contributed by atoms with Gasteiger partial charge in [0.2, 0.25) is 0 Å². The maximum atomic E-state index is 11.0. The average molecular weight is 423 g/mol. The summed E-state index contributed by atoms with van der Waals surface area (Å²) in [5.74, 6) is 2.12. The van der Waals surface area contributed by atoms with Crippen LogP contribution in [0.3, 0.4) is 0 Å². The normalized spacial score (nSPS) is 10.5. The molecule has 2 aromatic carbocycles. The fraction of sp³-hybridized carbons (Fsp3) is 0.300. The van der Waals surface area contributed by atoms with Crippen LogP contribution in [0.1, 0.15) is 12.5 Å². The third kappa shape index (κ3) is 6.76. The van der Waals surface area contributed by atoms with Gasteiger partial charge in [-0.1, -0.05) is 23.7 Å². The number of ether oxygens (including phenoxy) is 5. The molecular formula is C20H23ClN2O6. The average Bonchev–Trinajstić information content (AvgIpc) is 2.73. The molecule has 0 aliphatic carbocycles. The zero-order valence-electron chi connectivity index (χ0n) is 16.4. The molecule has 9 heteroatoms. The van der Waals surface area contributed by atoms with E-state index in [9.17, 15) is 4.79 Å². The van der Waals surface area contributed by atoms with Gasteiger partial charge in [-0.25, -0.2) is 10.2 Å². The van der Waals surface area contributed by atoms with Crippen molar-refractivity contribution in [3.05, 3.63) is 47.0 Å². The number of para-hydroxylation sites is 2. The minimum atomic E-state index is -0.674. The molecule has 0 heterocycles. The molecule has 8 nitrogen and oxygen atoms in total. The number of halogens is 1. The van der Waals surface area contributed by atoms with E-state index in [2.05, 4.69) is 15.3 Å². The van der Waals surface area contributed by atoms with Gasteiger partial charge in [0, 0.05) is 0 Å². The minimum absolute atomic E-state index is 0.245. The van der Waals surface area contributed by atoms with Crippen LogP contribution in [0.4, 0.5) is 4.79 Å². The van der Waals surface area contributed by atoms with Crippen molar-refractivity contribution in [3.8, 4) is 23.0 Å². The van der Waals surface area contributed by atoms with Crippen molar-refractivity contribution in [2.24, 2.45) is 5.10 Å². The van der Waals surface area contributed by atoms with E-state index >= 15 is 0 Å². The smallest absolute Gasteiger partial charge is 0.427 e. The monoisotopic (exact) mass is 422 g/mol. The number of rotatable bonds is 10. The molecule has 0 atom stereocenters. The van der Waals surface area contributed by atoms with Gasteiger partial charge in [0.1, 0.15) is 13.2 Å². The number of hydrazone groups is 1. The fourth-order valence-corrected chi connectivity index (χ4v) is 2.58. The SMILES string of the molecule is CCOc1cc(/C=N/NC(=O)OC)cc(Cl)c1OCCOc1ccccc1OC. The van der Waals surface area contributed by atoms with Crippen LogP contribution in [-0.2, 0) is 4.74 Å². The van der Waals surface area contributed by atoms with Crippen LogP contribution in [0.5, 0.6) is 23.0 Å². The van der Waals surface area contributed by atoms with E-state index in [0.29, 0.717) is 40.2 Å². The van der Waals surface area contributed by atoms with E-state index in [1.54, 1.807) is 19.2 Å². The Balaban J connectivity index is 2.02. The van der Waals surface area contributed by atoms with Gasteiger partial charge in [-0.15, -0.1) is 0 Å². The van der Waals surface area contributed by atoms with Gasteiger partial charge in [-0.3, -0.25) is 0 Å². The lowest BCUT2D eigenvalue weighted by Crippen LogP contribution is -2.16. The summed E-state index contributed by atoms with van der Waals surface area (Å²) in [7, 11) is 2.83. The second-order valence-electron chi connectivity index (χ2n) is 5.47. The third-order valence-corrected chi connectivity index (χ3v) is 3.82. The van der Waals surface area contributed by atoms with Gasteiger partial charge < -0.3 is 23.7 Å². The Hall–Kier alpha value is -3.13. The Bertz CT molecular complexity index is 844. The van der Waals surface area contributed by atoms with E-state index in [0.717, 1.165) is 0 Å². The largest absolute Gasteiger partial charge is 0.493 e. The highest BCUT2D eigenvalue weighted by molar-refractivity contribution is 6.32. The number of benzene rings is 2. The molecule has 0 unspecified atom stereocenters. The summed E-state index contributed by atoms with van der Waals surface area (Å²) >= 11 is 6.34. The van der Waals surface area contributed by atoms with Crippen molar-refractivity contribution >= 4 is 23.9 Å². The molecule has 0 bridgehead atoms. The number of nitrogens with one attached hydrogen (secondary N) is 1. The molecule has 0 aromatic heterocycles. The van der Waals surface area contributed by atoms with E-state index in [1.807, 2.05) is 31.2 Å². The number of methoxy groups -OCH3 is 2. The third-order valence-electron chi connectivity index (χ3n) is 3.54. The molecule has 156 valence electrons. The van der Waals surface area contributed by atoms with Crippen LogP contribution in [0.15, 0.2) is 41.5 Å². The van der Waals surface area contributed by atoms with Gasteiger partial charge in [-0.2, -0.15) is 5.10 Å². The van der Waals surface area contributed by atoms with Crippen molar-refractivity contribution in [1.29, 1.82) is 0 Å². The highest BCUT2D eigenvalue weighted by Gasteiger charge is 2.13. The number of nitrogens with zero attached hydrogens (tertiary/aromatic N) is 1. The Labute approximate surface area is 174 Å². The summed E-state index contributed by atoms with van der Waals surface area (Å²) in [6.07, 6.45) is 0.743. The topological polar surface area (TPSA) is 87.6 Å². The summed E-state index contributed by atoms with van der Waals surface area (Å²) in [6.45, 7) is 2.80. The van der Waals surface area contributed by atoms with Crippen LogP contribution in [0, 0.1) is 0 Å². The first-order chi connectivity index (χ1) is 14.1. The first kappa shape index (κ1) is 22.2. The maximum Gasteiger partial charge on any atom is 0.427 e. The van der Waals surface area contributed by atoms with E-state index < -0.39 is 6.09 Å². The van der Waals surface area contributed by atoms with Gasteiger partial charge in [-0.05, 0) is 36.8 Å². The Morgan fingerprint density at radius 3 is 2.48 bits per heavy atom. The number of carbonyl (C=O) groups is 1. The van der Waals surface area contributed by atoms with Crippen molar-refractivity contribution in [3.63, 3.8) is 0 Å². The fourth-order valence-electron chi connectivity index (χ4n) is 2.30. The molecular weight excluding hydrogens is 400 g/mol. The molecule has 1 amide bonds. The lowest BCUT2D eigenvalue weighted by molar-refractivity contribution is 0.171. The Morgan fingerprint density at radius 2 is 1.79 bits per heavy atom. The van der Waals surface area contributed by atoms with Crippen molar-refractivity contribution in [1.82, 2.24) is 5.43 Å². The predicted molar refractivity (Wildman–Crippen MR) is 110 cm³/mol. The van der Waals surface area contributed by atoms with Crippen LogP contribution >= 0.6 is 11.6 Å². The van der Waals surface area contributed by atoms with Gasteiger partial charge in [0.25, 0.3) is 0 Å². The number of hydrogen-bond donors (Lipinski definition) is 1. The summed E-state index contributed by atoms with van der Waals surface area (Å²) in [5, 5.41) is 4.11. The summed E-state index contributed by atoms with van der Waals surface area (Å²) < 4.78 is 26.8. The van der Waals surface area contributed by atoms with Crippen LogP contribution < -0.4 is 24.4 Å². The lowest BCUT2D eigenvalue weighted by atomic mass is 10.2. The van der Waals surface area contributed by atoms with Gasteiger partial charge in [0.15, 0.2) is 23.0 Å². The molecule has 1 N–H and O–H groups in total. The van der Waals surface area contributed by atoms with E-state index in [-0.39, 0.29) is 13.2 Å².